The molecule has 0 aliphatic carbocycles. The van der Waals surface area contributed by atoms with Gasteiger partial charge in [-0.1, -0.05) is 0 Å². The molecule has 0 bridgehead atoms. The lowest BCUT2D eigenvalue weighted by molar-refractivity contribution is 0.165. The van der Waals surface area contributed by atoms with Gasteiger partial charge in [0.25, 0.3) is 0 Å². The maximum absolute atomic E-state index is 12.9. The highest BCUT2D eigenvalue weighted by atomic mass is 19.1. The van der Waals surface area contributed by atoms with Crippen LogP contribution in [-0.2, 0) is 4.74 Å². The molecule has 1 N–H and O–H groups in total. The Bertz CT molecular complexity index is 408. The number of piperidine rings is 1. The van der Waals surface area contributed by atoms with E-state index in [2.05, 4.69) is 15.0 Å². The lowest BCUT2D eigenvalue weighted by Crippen LogP contribution is -2.47. The third-order valence-corrected chi connectivity index (χ3v) is 3.12. The molecule has 0 aromatic heterocycles. The zero-order valence-corrected chi connectivity index (χ0v) is 10.4. The first-order chi connectivity index (χ1) is 8.69. The second-order valence-corrected chi connectivity index (χ2v) is 4.40. The van der Waals surface area contributed by atoms with Crippen LogP contribution in [0.25, 0.3) is 0 Å². The predicted octanol–water partition coefficient (Wildman–Crippen LogP) is 2.15. The Hall–Kier alpha value is -1.78. The molecular formula is C13H17FN2O2. The maximum Gasteiger partial charge on any atom is 0.407 e. The second kappa shape index (κ2) is 5.71. The highest BCUT2D eigenvalue weighted by Gasteiger charge is 2.21. The summed E-state index contributed by atoms with van der Waals surface area (Å²) >= 11 is 0. The average molecular weight is 252 g/mol. The van der Waals surface area contributed by atoms with E-state index in [1.165, 1.54) is 19.2 Å². The summed E-state index contributed by atoms with van der Waals surface area (Å²) in [7, 11) is 1.36. The van der Waals surface area contributed by atoms with Crippen molar-refractivity contribution in [2.75, 3.05) is 25.1 Å². The molecule has 1 aromatic carbocycles. The molecule has 1 aromatic rings. The van der Waals surface area contributed by atoms with Crippen molar-refractivity contribution in [2.24, 2.45) is 0 Å². The fourth-order valence-corrected chi connectivity index (χ4v) is 2.21. The van der Waals surface area contributed by atoms with E-state index in [9.17, 15) is 9.18 Å². The Morgan fingerprint density at radius 3 is 2.83 bits per heavy atom. The summed E-state index contributed by atoms with van der Waals surface area (Å²) in [5, 5.41) is 2.80. The molecule has 4 nitrogen and oxygen atoms in total. The van der Waals surface area contributed by atoms with Crippen LogP contribution in [0.4, 0.5) is 14.9 Å². The molecule has 0 saturated carbocycles. The van der Waals surface area contributed by atoms with Gasteiger partial charge < -0.3 is 15.0 Å². The zero-order valence-electron chi connectivity index (χ0n) is 10.4. The number of ether oxygens (including phenoxy) is 1. The molecule has 0 radical (unpaired) electrons. The van der Waals surface area contributed by atoms with Crippen LogP contribution in [-0.4, -0.2) is 32.3 Å². The van der Waals surface area contributed by atoms with E-state index >= 15 is 0 Å². The molecule has 1 fully saturated rings. The van der Waals surface area contributed by atoms with Crippen LogP contribution < -0.4 is 10.2 Å². The molecule has 98 valence electrons. The summed E-state index contributed by atoms with van der Waals surface area (Å²) in [6.45, 7) is 1.64. The van der Waals surface area contributed by atoms with Crippen LogP contribution in [0.5, 0.6) is 0 Å². The Kier molecular flexibility index (Phi) is 4.02. The minimum absolute atomic E-state index is 0.0799. The molecule has 1 amide bonds. The molecule has 2 rings (SSSR count). The van der Waals surface area contributed by atoms with Gasteiger partial charge in [0.1, 0.15) is 5.82 Å². The number of nitrogens with one attached hydrogen (secondary N) is 1. The van der Waals surface area contributed by atoms with Crippen molar-refractivity contribution in [3.63, 3.8) is 0 Å². The fraction of sp³-hybridized carbons (Fsp3) is 0.462. The fourth-order valence-electron chi connectivity index (χ4n) is 2.21. The van der Waals surface area contributed by atoms with Gasteiger partial charge in [-0.25, -0.2) is 9.18 Å². The maximum atomic E-state index is 12.9. The standard InChI is InChI=1S/C13H17FN2O2/c1-18-13(17)15-11-3-2-8-16(9-11)12-6-4-10(14)5-7-12/h4-7,11H,2-3,8-9H2,1H3,(H,15,17). The van der Waals surface area contributed by atoms with Gasteiger partial charge in [0.05, 0.1) is 7.11 Å². The van der Waals surface area contributed by atoms with E-state index < -0.39 is 6.09 Å². The first-order valence-electron chi connectivity index (χ1n) is 6.04. The number of hydrogen-bond donors (Lipinski definition) is 1. The number of alkyl carbamates (subject to hydrolysis) is 1. The predicted molar refractivity (Wildman–Crippen MR) is 67.2 cm³/mol. The highest BCUT2D eigenvalue weighted by Crippen LogP contribution is 2.20. The van der Waals surface area contributed by atoms with E-state index in [-0.39, 0.29) is 11.9 Å². The van der Waals surface area contributed by atoms with Crippen molar-refractivity contribution >= 4 is 11.8 Å². The number of hydrogen-bond acceptors (Lipinski definition) is 3. The normalized spacial score (nSPS) is 19.4. The minimum atomic E-state index is -0.402. The Morgan fingerprint density at radius 2 is 2.17 bits per heavy atom. The number of benzene rings is 1. The van der Waals surface area contributed by atoms with Crippen LogP contribution in [0.1, 0.15) is 12.8 Å². The van der Waals surface area contributed by atoms with Gasteiger partial charge in [-0.3, -0.25) is 0 Å². The summed E-state index contributed by atoms with van der Waals surface area (Å²) < 4.78 is 17.4. The lowest BCUT2D eigenvalue weighted by Gasteiger charge is -2.34. The van der Waals surface area contributed by atoms with Crippen molar-refractivity contribution < 1.29 is 13.9 Å². The van der Waals surface area contributed by atoms with Crippen LogP contribution in [0, 0.1) is 5.82 Å². The van der Waals surface area contributed by atoms with Gasteiger partial charge >= 0.3 is 6.09 Å². The molecule has 1 aliphatic heterocycles. The molecule has 1 heterocycles. The quantitative estimate of drug-likeness (QED) is 0.877. The number of amides is 1. The summed E-state index contributed by atoms with van der Waals surface area (Å²) in [6.07, 6.45) is 1.53. The van der Waals surface area contributed by atoms with E-state index in [4.69, 9.17) is 0 Å². The average Bonchev–Trinajstić information content (AvgIpc) is 2.40. The number of rotatable bonds is 2. The van der Waals surface area contributed by atoms with Crippen molar-refractivity contribution in [2.45, 2.75) is 18.9 Å². The highest BCUT2D eigenvalue weighted by molar-refractivity contribution is 5.67. The van der Waals surface area contributed by atoms with E-state index in [0.29, 0.717) is 0 Å². The van der Waals surface area contributed by atoms with Crippen LogP contribution >= 0.6 is 0 Å². The summed E-state index contributed by atoms with van der Waals surface area (Å²) in [5.74, 6) is -0.236. The Balaban J connectivity index is 1.98. The van der Waals surface area contributed by atoms with Crippen molar-refractivity contribution in [1.29, 1.82) is 0 Å². The monoisotopic (exact) mass is 252 g/mol. The van der Waals surface area contributed by atoms with E-state index in [0.717, 1.165) is 31.6 Å². The molecule has 1 atom stereocenters. The van der Waals surface area contributed by atoms with Crippen molar-refractivity contribution in [3.05, 3.63) is 30.1 Å². The van der Waals surface area contributed by atoms with Crippen LogP contribution in [0.3, 0.4) is 0 Å². The summed E-state index contributed by atoms with van der Waals surface area (Å²) in [5.41, 5.74) is 0.979. The number of methoxy groups -OCH3 is 1. The summed E-state index contributed by atoms with van der Waals surface area (Å²) in [4.78, 5) is 13.3. The second-order valence-electron chi connectivity index (χ2n) is 4.40. The van der Waals surface area contributed by atoms with Crippen molar-refractivity contribution in [3.8, 4) is 0 Å². The molecule has 1 aliphatic rings. The van der Waals surface area contributed by atoms with E-state index in [1.807, 2.05) is 0 Å². The van der Waals surface area contributed by atoms with Gasteiger partial charge in [0.2, 0.25) is 0 Å². The largest absolute Gasteiger partial charge is 0.453 e. The number of carbonyl (C=O) groups is 1. The Morgan fingerprint density at radius 1 is 1.44 bits per heavy atom. The molecule has 18 heavy (non-hydrogen) atoms. The molecule has 0 spiro atoms. The van der Waals surface area contributed by atoms with Gasteiger partial charge in [-0.05, 0) is 37.1 Å². The first-order valence-corrected chi connectivity index (χ1v) is 6.04. The zero-order chi connectivity index (χ0) is 13.0. The molecule has 1 saturated heterocycles. The molecule has 1 unspecified atom stereocenters. The summed E-state index contributed by atoms with van der Waals surface area (Å²) in [6, 6.07) is 6.50. The third kappa shape index (κ3) is 3.12. The molecular weight excluding hydrogens is 235 g/mol. The lowest BCUT2D eigenvalue weighted by atomic mass is 10.1. The van der Waals surface area contributed by atoms with Crippen molar-refractivity contribution in [1.82, 2.24) is 5.32 Å². The van der Waals surface area contributed by atoms with Crippen LogP contribution in [0.2, 0.25) is 0 Å². The third-order valence-electron chi connectivity index (χ3n) is 3.12. The minimum Gasteiger partial charge on any atom is -0.453 e. The topological polar surface area (TPSA) is 41.6 Å². The number of carbonyl (C=O) groups excluding carboxylic acids is 1. The van der Waals surface area contributed by atoms with Crippen LogP contribution in [0.15, 0.2) is 24.3 Å². The molecule has 5 heteroatoms. The van der Waals surface area contributed by atoms with Gasteiger partial charge in [-0.2, -0.15) is 0 Å². The van der Waals surface area contributed by atoms with E-state index in [1.54, 1.807) is 12.1 Å². The SMILES string of the molecule is COC(=O)NC1CCCN(c2ccc(F)cc2)C1. The first kappa shape index (κ1) is 12.7. The smallest absolute Gasteiger partial charge is 0.407 e. The van der Waals surface area contributed by atoms with Gasteiger partial charge in [-0.15, -0.1) is 0 Å². The van der Waals surface area contributed by atoms with Gasteiger partial charge in [0.15, 0.2) is 0 Å². The Labute approximate surface area is 106 Å². The number of halogens is 1. The number of anilines is 1. The number of nitrogens with zero attached hydrogens (tertiary/aromatic N) is 1. The van der Waals surface area contributed by atoms with Gasteiger partial charge in [0, 0.05) is 24.8 Å².